The molecule has 1 atom stereocenters. The van der Waals surface area contributed by atoms with E-state index in [0.717, 1.165) is 34.5 Å². The van der Waals surface area contributed by atoms with Crippen molar-refractivity contribution in [3.05, 3.63) is 68.7 Å². The molecule has 1 aliphatic heterocycles. The average Bonchev–Trinajstić information content (AvgIpc) is 3.11. The Morgan fingerprint density at radius 3 is 2.81 bits per heavy atom. The smallest absolute Gasteiger partial charge is 0.272 e. The number of benzene rings is 2. The van der Waals surface area contributed by atoms with Gasteiger partial charge >= 0.3 is 0 Å². The maximum atomic E-state index is 13.2. The maximum Gasteiger partial charge on any atom is 0.272 e. The molecule has 0 saturated carbocycles. The minimum absolute atomic E-state index is 0.0351. The number of thiazole rings is 1. The molecule has 1 aromatic heterocycles. The van der Waals surface area contributed by atoms with Gasteiger partial charge in [-0.3, -0.25) is 14.9 Å². The first kappa shape index (κ1) is 17.6. The van der Waals surface area contributed by atoms with Crippen molar-refractivity contribution >= 4 is 33.1 Å². The highest BCUT2D eigenvalue weighted by molar-refractivity contribution is 7.18. The van der Waals surface area contributed by atoms with Crippen LogP contribution < -0.4 is 0 Å². The van der Waals surface area contributed by atoms with E-state index >= 15 is 0 Å². The first-order chi connectivity index (χ1) is 13.0. The number of nitro groups is 1. The van der Waals surface area contributed by atoms with E-state index < -0.39 is 4.92 Å². The molecule has 1 fully saturated rings. The Kier molecular flexibility index (Phi) is 4.61. The molecule has 0 unspecified atom stereocenters. The lowest BCUT2D eigenvalue weighted by atomic mass is 10.0. The topological polar surface area (TPSA) is 76.3 Å². The third-order valence-electron chi connectivity index (χ3n) is 5.00. The second kappa shape index (κ2) is 7.08. The molecule has 138 valence electrons. The SMILES string of the molecule is Cc1cc(C(=O)N2CCCC[C@H]2c2nc3ccccc3s2)ccc1[N+](=O)[O-]. The standard InChI is InChI=1S/C20H19N3O3S/c1-13-12-14(9-10-16(13)23(25)26)20(24)22-11-5-4-7-17(22)19-21-15-6-2-3-8-18(15)27-19/h2-3,6,8-10,12,17H,4-5,7,11H2,1H3/t17-/m0/s1. The summed E-state index contributed by atoms with van der Waals surface area (Å²) in [5.41, 5.74) is 1.99. The van der Waals surface area contributed by atoms with E-state index in [0.29, 0.717) is 17.7 Å². The van der Waals surface area contributed by atoms with Crippen LogP contribution in [0.2, 0.25) is 0 Å². The summed E-state index contributed by atoms with van der Waals surface area (Å²) < 4.78 is 1.12. The molecule has 0 aliphatic carbocycles. The molecule has 4 rings (SSSR count). The predicted molar refractivity (Wildman–Crippen MR) is 105 cm³/mol. The molecule has 1 saturated heterocycles. The van der Waals surface area contributed by atoms with Crippen molar-refractivity contribution in [2.75, 3.05) is 6.54 Å². The van der Waals surface area contributed by atoms with E-state index in [-0.39, 0.29) is 17.6 Å². The Morgan fingerprint density at radius 1 is 1.26 bits per heavy atom. The second-order valence-corrected chi connectivity index (χ2v) is 7.85. The Bertz CT molecular complexity index is 997. The number of aromatic nitrogens is 1. The van der Waals surface area contributed by atoms with Crippen LogP contribution in [0.5, 0.6) is 0 Å². The highest BCUT2D eigenvalue weighted by atomic mass is 32.1. The fraction of sp³-hybridized carbons (Fsp3) is 0.300. The molecule has 7 heteroatoms. The van der Waals surface area contributed by atoms with Crippen molar-refractivity contribution in [2.45, 2.75) is 32.2 Å². The number of hydrogen-bond acceptors (Lipinski definition) is 5. The number of likely N-dealkylation sites (tertiary alicyclic amines) is 1. The summed E-state index contributed by atoms with van der Waals surface area (Å²) in [4.78, 5) is 30.4. The highest BCUT2D eigenvalue weighted by Crippen LogP contribution is 2.36. The van der Waals surface area contributed by atoms with Crippen LogP contribution in [0.25, 0.3) is 10.2 Å². The van der Waals surface area contributed by atoms with Crippen LogP contribution in [0.3, 0.4) is 0 Å². The summed E-state index contributed by atoms with van der Waals surface area (Å²) >= 11 is 1.64. The highest BCUT2D eigenvalue weighted by Gasteiger charge is 2.31. The number of aryl methyl sites for hydroxylation is 1. The van der Waals surface area contributed by atoms with Crippen LogP contribution in [0, 0.1) is 17.0 Å². The minimum atomic E-state index is -0.422. The number of hydrogen-bond donors (Lipinski definition) is 0. The van der Waals surface area contributed by atoms with Crippen molar-refractivity contribution in [1.82, 2.24) is 9.88 Å². The first-order valence-corrected chi connectivity index (χ1v) is 9.78. The molecule has 0 radical (unpaired) electrons. The van der Waals surface area contributed by atoms with E-state index in [1.54, 1.807) is 30.4 Å². The Morgan fingerprint density at radius 2 is 2.07 bits per heavy atom. The zero-order valence-electron chi connectivity index (χ0n) is 14.9. The molecule has 3 aromatic rings. The van der Waals surface area contributed by atoms with Gasteiger partial charge in [0.1, 0.15) is 5.01 Å². The van der Waals surface area contributed by atoms with Gasteiger partial charge in [0.2, 0.25) is 0 Å². The molecule has 0 N–H and O–H groups in total. The van der Waals surface area contributed by atoms with Crippen molar-refractivity contribution in [3.8, 4) is 0 Å². The van der Waals surface area contributed by atoms with Gasteiger partial charge in [-0.2, -0.15) is 0 Å². The fourth-order valence-electron chi connectivity index (χ4n) is 3.62. The van der Waals surface area contributed by atoms with Crippen molar-refractivity contribution in [3.63, 3.8) is 0 Å². The van der Waals surface area contributed by atoms with Crippen molar-refractivity contribution in [2.24, 2.45) is 0 Å². The lowest BCUT2D eigenvalue weighted by molar-refractivity contribution is -0.385. The summed E-state index contributed by atoms with van der Waals surface area (Å²) in [5, 5.41) is 12.0. The number of nitrogens with zero attached hydrogens (tertiary/aromatic N) is 3. The van der Waals surface area contributed by atoms with Gasteiger partial charge in [0, 0.05) is 23.7 Å². The monoisotopic (exact) mass is 381 g/mol. The van der Waals surface area contributed by atoms with Gasteiger partial charge in [0.25, 0.3) is 11.6 Å². The summed E-state index contributed by atoms with van der Waals surface area (Å²) in [7, 11) is 0. The number of carbonyl (C=O) groups excluding carboxylic acids is 1. The number of carbonyl (C=O) groups is 1. The molecule has 27 heavy (non-hydrogen) atoms. The molecule has 2 heterocycles. The normalized spacial score (nSPS) is 17.2. The number of rotatable bonds is 3. The van der Waals surface area contributed by atoms with Gasteiger partial charge in [-0.05, 0) is 50.5 Å². The van der Waals surface area contributed by atoms with Gasteiger partial charge in [-0.25, -0.2) is 4.98 Å². The van der Waals surface area contributed by atoms with Crippen molar-refractivity contribution in [1.29, 1.82) is 0 Å². The van der Waals surface area contributed by atoms with Crippen LogP contribution in [0.15, 0.2) is 42.5 Å². The summed E-state index contributed by atoms with van der Waals surface area (Å²) in [6, 6.07) is 12.5. The van der Waals surface area contributed by atoms with E-state index in [9.17, 15) is 14.9 Å². The molecule has 2 aromatic carbocycles. The molecule has 6 nitrogen and oxygen atoms in total. The maximum absolute atomic E-state index is 13.2. The Hall–Kier alpha value is -2.80. The molecule has 1 amide bonds. The average molecular weight is 381 g/mol. The van der Waals surface area contributed by atoms with Gasteiger partial charge in [-0.1, -0.05) is 12.1 Å². The number of fused-ring (bicyclic) bond motifs is 1. The molecule has 0 bridgehead atoms. The zero-order chi connectivity index (χ0) is 19.0. The summed E-state index contributed by atoms with van der Waals surface area (Å²) in [6.07, 6.45) is 2.90. The zero-order valence-corrected chi connectivity index (χ0v) is 15.7. The Balaban J connectivity index is 1.66. The number of nitro benzene ring substituents is 1. The Labute approximate surface area is 160 Å². The predicted octanol–water partition coefficient (Wildman–Crippen LogP) is 4.88. The first-order valence-electron chi connectivity index (χ1n) is 8.96. The number of para-hydroxylation sites is 1. The van der Waals surface area contributed by atoms with E-state index in [2.05, 4.69) is 0 Å². The number of amides is 1. The van der Waals surface area contributed by atoms with Gasteiger partial charge < -0.3 is 4.90 Å². The van der Waals surface area contributed by atoms with Crippen LogP contribution >= 0.6 is 11.3 Å². The van der Waals surface area contributed by atoms with Crippen molar-refractivity contribution < 1.29 is 9.72 Å². The van der Waals surface area contributed by atoms with Crippen LogP contribution in [0.4, 0.5) is 5.69 Å². The molecular weight excluding hydrogens is 362 g/mol. The van der Waals surface area contributed by atoms with Crippen LogP contribution in [-0.4, -0.2) is 27.3 Å². The van der Waals surface area contributed by atoms with Gasteiger partial charge in [0.15, 0.2) is 0 Å². The largest absolute Gasteiger partial charge is 0.329 e. The van der Waals surface area contributed by atoms with Crippen LogP contribution in [-0.2, 0) is 0 Å². The van der Waals surface area contributed by atoms with E-state index in [1.165, 1.54) is 6.07 Å². The summed E-state index contributed by atoms with van der Waals surface area (Å²) in [5.74, 6) is -0.0862. The minimum Gasteiger partial charge on any atom is -0.329 e. The van der Waals surface area contributed by atoms with Gasteiger partial charge in [-0.15, -0.1) is 11.3 Å². The molecule has 1 aliphatic rings. The fourth-order valence-corrected chi connectivity index (χ4v) is 4.74. The number of piperidine rings is 1. The molecule has 0 spiro atoms. The van der Waals surface area contributed by atoms with E-state index in [1.807, 2.05) is 29.2 Å². The second-order valence-electron chi connectivity index (χ2n) is 6.79. The quantitative estimate of drug-likeness (QED) is 0.478. The van der Waals surface area contributed by atoms with Gasteiger partial charge in [0.05, 0.1) is 21.2 Å². The summed E-state index contributed by atoms with van der Waals surface area (Å²) in [6.45, 7) is 2.34. The third-order valence-corrected chi connectivity index (χ3v) is 6.14. The molecular formula is C20H19N3O3S. The lowest BCUT2D eigenvalue weighted by Gasteiger charge is -2.34. The van der Waals surface area contributed by atoms with Crippen LogP contribution in [0.1, 0.15) is 46.2 Å². The van der Waals surface area contributed by atoms with E-state index in [4.69, 9.17) is 4.98 Å². The third kappa shape index (κ3) is 3.30. The lowest BCUT2D eigenvalue weighted by Crippen LogP contribution is -2.38.